The standard InChI is InChI=1S/C16H32N2O/c1-2-15-14(7-10-19-15)11-18-13-16(12-17)8-5-3-4-6-9-16/h14-15,18H,2-13,17H2,1H3. The maximum absolute atomic E-state index is 6.09. The average Bonchev–Trinajstić information content (AvgIpc) is 2.76. The van der Waals surface area contributed by atoms with Gasteiger partial charge in [-0.25, -0.2) is 0 Å². The molecule has 0 aromatic rings. The molecule has 3 nitrogen and oxygen atoms in total. The summed E-state index contributed by atoms with van der Waals surface area (Å²) in [6, 6.07) is 0. The molecule has 1 aliphatic carbocycles. The molecule has 112 valence electrons. The summed E-state index contributed by atoms with van der Waals surface area (Å²) in [4.78, 5) is 0. The van der Waals surface area contributed by atoms with Crippen LogP contribution in [0, 0.1) is 11.3 Å². The van der Waals surface area contributed by atoms with Gasteiger partial charge in [0.25, 0.3) is 0 Å². The molecule has 0 amide bonds. The summed E-state index contributed by atoms with van der Waals surface area (Å²) in [5.41, 5.74) is 6.46. The van der Waals surface area contributed by atoms with E-state index >= 15 is 0 Å². The Hall–Kier alpha value is -0.120. The van der Waals surface area contributed by atoms with Crippen molar-refractivity contribution in [3.63, 3.8) is 0 Å². The fourth-order valence-corrected chi connectivity index (χ4v) is 3.83. The Bertz CT molecular complexity index is 249. The van der Waals surface area contributed by atoms with Gasteiger partial charge in [-0.05, 0) is 43.6 Å². The van der Waals surface area contributed by atoms with E-state index in [2.05, 4.69) is 12.2 Å². The van der Waals surface area contributed by atoms with Gasteiger partial charge in [0.2, 0.25) is 0 Å². The van der Waals surface area contributed by atoms with Crippen LogP contribution < -0.4 is 11.1 Å². The van der Waals surface area contributed by atoms with Crippen molar-refractivity contribution in [2.75, 3.05) is 26.2 Å². The maximum atomic E-state index is 6.09. The van der Waals surface area contributed by atoms with E-state index in [1.54, 1.807) is 0 Å². The average molecular weight is 268 g/mol. The largest absolute Gasteiger partial charge is 0.378 e. The minimum absolute atomic E-state index is 0.373. The van der Waals surface area contributed by atoms with E-state index in [1.807, 2.05) is 0 Å². The van der Waals surface area contributed by atoms with Gasteiger partial charge < -0.3 is 15.8 Å². The highest BCUT2D eigenvalue weighted by atomic mass is 16.5. The number of nitrogens with one attached hydrogen (secondary N) is 1. The van der Waals surface area contributed by atoms with Crippen LogP contribution in [0.4, 0.5) is 0 Å². The van der Waals surface area contributed by atoms with Crippen LogP contribution in [0.15, 0.2) is 0 Å². The highest BCUT2D eigenvalue weighted by molar-refractivity contribution is 4.86. The lowest BCUT2D eigenvalue weighted by Gasteiger charge is -2.32. The monoisotopic (exact) mass is 268 g/mol. The number of nitrogens with two attached hydrogens (primary N) is 1. The SMILES string of the molecule is CCC1OCCC1CNCC1(CN)CCCCCC1. The van der Waals surface area contributed by atoms with Crippen LogP contribution in [-0.4, -0.2) is 32.3 Å². The lowest BCUT2D eigenvalue weighted by molar-refractivity contribution is 0.0861. The fourth-order valence-electron chi connectivity index (χ4n) is 3.83. The minimum atomic E-state index is 0.373. The first-order valence-corrected chi connectivity index (χ1v) is 8.32. The second-order valence-corrected chi connectivity index (χ2v) is 6.62. The molecule has 0 spiro atoms. The molecule has 3 heteroatoms. The van der Waals surface area contributed by atoms with Gasteiger partial charge in [-0.1, -0.05) is 32.6 Å². The molecule has 2 aliphatic rings. The molecular weight excluding hydrogens is 236 g/mol. The van der Waals surface area contributed by atoms with E-state index in [1.165, 1.54) is 44.9 Å². The third kappa shape index (κ3) is 4.17. The van der Waals surface area contributed by atoms with Crippen molar-refractivity contribution < 1.29 is 4.74 Å². The lowest BCUT2D eigenvalue weighted by Crippen LogP contribution is -2.42. The van der Waals surface area contributed by atoms with Gasteiger partial charge in [0.1, 0.15) is 0 Å². The van der Waals surface area contributed by atoms with Gasteiger partial charge in [-0.3, -0.25) is 0 Å². The van der Waals surface area contributed by atoms with E-state index in [4.69, 9.17) is 10.5 Å². The van der Waals surface area contributed by atoms with Crippen LogP contribution in [0.2, 0.25) is 0 Å². The van der Waals surface area contributed by atoms with Gasteiger partial charge >= 0.3 is 0 Å². The Balaban J connectivity index is 1.76. The second-order valence-electron chi connectivity index (χ2n) is 6.62. The van der Waals surface area contributed by atoms with Crippen molar-refractivity contribution in [1.82, 2.24) is 5.32 Å². The third-order valence-corrected chi connectivity index (χ3v) is 5.25. The molecule has 1 saturated carbocycles. The van der Waals surface area contributed by atoms with E-state index in [9.17, 15) is 0 Å². The maximum Gasteiger partial charge on any atom is 0.0613 e. The molecule has 1 heterocycles. The van der Waals surface area contributed by atoms with Gasteiger partial charge in [-0.15, -0.1) is 0 Å². The van der Waals surface area contributed by atoms with Crippen molar-refractivity contribution in [1.29, 1.82) is 0 Å². The summed E-state index contributed by atoms with van der Waals surface area (Å²) in [6.45, 7) is 6.25. The Labute approximate surface area is 118 Å². The lowest BCUT2D eigenvalue weighted by atomic mass is 9.80. The Kier molecular flexibility index (Phi) is 6.11. The van der Waals surface area contributed by atoms with Crippen LogP contribution in [-0.2, 0) is 4.74 Å². The van der Waals surface area contributed by atoms with Crippen molar-refractivity contribution in [3.05, 3.63) is 0 Å². The number of hydrogen-bond donors (Lipinski definition) is 2. The van der Waals surface area contributed by atoms with Crippen molar-refractivity contribution >= 4 is 0 Å². The van der Waals surface area contributed by atoms with Crippen LogP contribution in [0.25, 0.3) is 0 Å². The van der Waals surface area contributed by atoms with Gasteiger partial charge in [0.15, 0.2) is 0 Å². The normalized spacial score (nSPS) is 31.3. The highest BCUT2D eigenvalue weighted by Crippen LogP contribution is 2.33. The predicted molar refractivity (Wildman–Crippen MR) is 80.2 cm³/mol. The molecule has 0 bridgehead atoms. The molecule has 2 atom stereocenters. The molecular formula is C16H32N2O. The first-order valence-electron chi connectivity index (χ1n) is 8.32. The predicted octanol–water partition coefficient (Wildman–Crippen LogP) is 2.69. The van der Waals surface area contributed by atoms with E-state index < -0.39 is 0 Å². The smallest absolute Gasteiger partial charge is 0.0613 e. The van der Waals surface area contributed by atoms with E-state index in [0.717, 1.165) is 32.7 Å². The molecule has 19 heavy (non-hydrogen) atoms. The number of rotatable bonds is 6. The van der Waals surface area contributed by atoms with Crippen LogP contribution in [0.3, 0.4) is 0 Å². The van der Waals surface area contributed by atoms with Crippen LogP contribution >= 0.6 is 0 Å². The first-order chi connectivity index (χ1) is 9.29. The second kappa shape index (κ2) is 7.61. The van der Waals surface area contributed by atoms with Crippen molar-refractivity contribution in [3.8, 4) is 0 Å². The highest BCUT2D eigenvalue weighted by Gasteiger charge is 2.31. The van der Waals surface area contributed by atoms with Crippen LogP contribution in [0.5, 0.6) is 0 Å². The van der Waals surface area contributed by atoms with Crippen molar-refractivity contribution in [2.45, 2.75) is 64.4 Å². The van der Waals surface area contributed by atoms with Gasteiger partial charge in [0.05, 0.1) is 6.10 Å². The minimum Gasteiger partial charge on any atom is -0.378 e. The van der Waals surface area contributed by atoms with Crippen LogP contribution in [0.1, 0.15) is 58.3 Å². The van der Waals surface area contributed by atoms with Crippen molar-refractivity contribution in [2.24, 2.45) is 17.1 Å². The Morgan fingerprint density at radius 1 is 1.21 bits per heavy atom. The quantitative estimate of drug-likeness (QED) is 0.728. The molecule has 1 aliphatic heterocycles. The summed E-state index contributed by atoms with van der Waals surface area (Å²) >= 11 is 0. The summed E-state index contributed by atoms with van der Waals surface area (Å²) in [6.07, 6.45) is 11.0. The fraction of sp³-hybridized carbons (Fsp3) is 1.00. The summed E-state index contributed by atoms with van der Waals surface area (Å²) in [7, 11) is 0. The summed E-state index contributed by atoms with van der Waals surface area (Å²) in [5, 5.41) is 3.72. The molecule has 2 rings (SSSR count). The number of ether oxygens (including phenoxy) is 1. The molecule has 0 radical (unpaired) electrons. The topological polar surface area (TPSA) is 47.3 Å². The zero-order valence-electron chi connectivity index (χ0n) is 12.6. The molecule has 2 unspecified atom stereocenters. The van der Waals surface area contributed by atoms with Gasteiger partial charge in [-0.2, -0.15) is 0 Å². The Morgan fingerprint density at radius 2 is 1.95 bits per heavy atom. The summed E-state index contributed by atoms with van der Waals surface area (Å²) < 4.78 is 5.76. The molecule has 0 aromatic carbocycles. The Morgan fingerprint density at radius 3 is 2.58 bits per heavy atom. The first kappa shape index (κ1) is 15.3. The third-order valence-electron chi connectivity index (χ3n) is 5.25. The molecule has 3 N–H and O–H groups in total. The molecule has 2 fully saturated rings. The zero-order chi connectivity index (χ0) is 13.6. The van der Waals surface area contributed by atoms with E-state index in [0.29, 0.717) is 17.4 Å². The molecule has 1 saturated heterocycles. The zero-order valence-corrected chi connectivity index (χ0v) is 12.6. The summed E-state index contributed by atoms with van der Waals surface area (Å²) in [5.74, 6) is 0.714. The molecule has 0 aromatic heterocycles. The van der Waals surface area contributed by atoms with Gasteiger partial charge in [0, 0.05) is 19.7 Å². The number of hydrogen-bond acceptors (Lipinski definition) is 3. The van der Waals surface area contributed by atoms with E-state index in [-0.39, 0.29) is 0 Å².